The van der Waals surface area contributed by atoms with E-state index in [0.717, 1.165) is 24.8 Å². The monoisotopic (exact) mass is 513 g/mol. The highest BCUT2D eigenvalue weighted by molar-refractivity contribution is 7.10. The van der Waals surface area contributed by atoms with Crippen LogP contribution in [0.5, 0.6) is 5.75 Å². The van der Waals surface area contributed by atoms with E-state index in [1.54, 1.807) is 57.5 Å². The lowest BCUT2D eigenvalue weighted by molar-refractivity contribution is -0.135. The second kappa shape index (κ2) is 10.3. The van der Waals surface area contributed by atoms with Crippen LogP contribution in [-0.2, 0) is 11.2 Å². The summed E-state index contributed by atoms with van der Waals surface area (Å²) < 4.78 is 19.2. The van der Waals surface area contributed by atoms with Crippen LogP contribution >= 0.6 is 22.9 Å². The third-order valence-electron chi connectivity index (χ3n) is 6.27. The van der Waals surface area contributed by atoms with E-state index >= 15 is 0 Å². The zero-order valence-electron chi connectivity index (χ0n) is 19.0. The third kappa shape index (κ3) is 5.60. The van der Waals surface area contributed by atoms with Gasteiger partial charge in [0, 0.05) is 28.2 Å². The van der Waals surface area contributed by atoms with Crippen LogP contribution in [0.15, 0.2) is 60.0 Å². The minimum atomic E-state index is -0.330. The Morgan fingerprint density at radius 2 is 1.97 bits per heavy atom. The van der Waals surface area contributed by atoms with Crippen molar-refractivity contribution in [1.29, 1.82) is 0 Å². The fourth-order valence-electron chi connectivity index (χ4n) is 4.33. The number of ether oxygens (including phenoxy) is 1. The highest BCUT2D eigenvalue weighted by atomic mass is 35.5. The number of benzene rings is 2. The maximum Gasteiger partial charge on any atom is 0.322 e. The maximum atomic E-state index is 13.5. The number of hydrogen-bond donors (Lipinski definition) is 1. The lowest BCUT2D eigenvalue weighted by atomic mass is 10.0. The second-order valence-electron chi connectivity index (χ2n) is 8.72. The summed E-state index contributed by atoms with van der Waals surface area (Å²) >= 11 is 7.72. The average molecular weight is 514 g/mol. The molecule has 0 radical (unpaired) electrons. The van der Waals surface area contributed by atoms with E-state index < -0.39 is 0 Å². The highest BCUT2D eigenvalue weighted by Crippen LogP contribution is 2.35. The summed E-state index contributed by atoms with van der Waals surface area (Å²) in [5.41, 5.74) is 1.66. The fraction of sp³-hybridized carbons (Fsp3) is 0.308. The summed E-state index contributed by atoms with van der Waals surface area (Å²) in [5, 5.41) is 5.42. The van der Waals surface area contributed by atoms with Gasteiger partial charge < -0.3 is 19.9 Å². The minimum absolute atomic E-state index is 0.0103. The van der Waals surface area contributed by atoms with Gasteiger partial charge in [0.2, 0.25) is 5.91 Å². The standard InChI is InChI=1S/C26H25ClFN3O3S/c27-17-2-1-3-19(14-17)29-26(33)31(20-6-7-20)15-25(32)30-12-10-24-22(11-13-35-24)23(30)16-34-21-8-4-18(28)5-9-21/h1-5,8-9,11,13-14,20,23H,6-7,10,12,15-16H2,(H,29,33). The Labute approximate surface area is 212 Å². The van der Waals surface area contributed by atoms with E-state index in [9.17, 15) is 14.0 Å². The summed E-state index contributed by atoms with van der Waals surface area (Å²) in [4.78, 5) is 31.2. The van der Waals surface area contributed by atoms with Crippen molar-refractivity contribution in [2.75, 3.05) is 25.0 Å². The van der Waals surface area contributed by atoms with Crippen LogP contribution in [0.4, 0.5) is 14.9 Å². The third-order valence-corrected chi connectivity index (χ3v) is 7.50. The Balaban J connectivity index is 1.30. The number of rotatable bonds is 7. The number of fused-ring (bicyclic) bond motifs is 1. The number of halogens is 2. The molecule has 35 heavy (non-hydrogen) atoms. The van der Waals surface area contributed by atoms with Gasteiger partial charge in [-0.15, -0.1) is 11.3 Å². The number of amides is 3. The lowest BCUT2D eigenvalue weighted by Crippen LogP contribution is -2.49. The van der Waals surface area contributed by atoms with Crippen LogP contribution in [0.1, 0.15) is 29.3 Å². The van der Waals surface area contributed by atoms with Gasteiger partial charge in [0.25, 0.3) is 0 Å². The average Bonchev–Trinajstić information content (AvgIpc) is 3.57. The first-order valence-corrected chi connectivity index (χ1v) is 12.8. The van der Waals surface area contributed by atoms with E-state index in [1.807, 2.05) is 11.4 Å². The topological polar surface area (TPSA) is 61.9 Å². The van der Waals surface area contributed by atoms with E-state index in [1.165, 1.54) is 17.0 Å². The predicted octanol–water partition coefficient (Wildman–Crippen LogP) is 5.74. The Hall–Kier alpha value is -3.10. The van der Waals surface area contributed by atoms with Crippen molar-refractivity contribution in [3.63, 3.8) is 0 Å². The van der Waals surface area contributed by atoms with Crippen LogP contribution in [0.25, 0.3) is 0 Å². The zero-order valence-corrected chi connectivity index (χ0v) is 20.5. The molecule has 1 atom stereocenters. The minimum Gasteiger partial charge on any atom is -0.491 e. The van der Waals surface area contributed by atoms with E-state index in [4.69, 9.17) is 16.3 Å². The molecule has 3 amide bonds. The quantitative estimate of drug-likeness (QED) is 0.438. The molecule has 0 saturated heterocycles. The molecular formula is C26H25ClFN3O3S. The predicted molar refractivity (Wildman–Crippen MR) is 135 cm³/mol. The molecule has 1 N–H and O–H groups in total. The van der Waals surface area contributed by atoms with Crippen molar-refractivity contribution in [3.8, 4) is 5.75 Å². The van der Waals surface area contributed by atoms with Crippen molar-refractivity contribution >= 4 is 40.6 Å². The Morgan fingerprint density at radius 1 is 1.17 bits per heavy atom. The molecule has 9 heteroatoms. The molecule has 1 fully saturated rings. The van der Waals surface area contributed by atoms with E-state index in [2.05, 4.69) is 5.32 Å². The summed E-state index contributed by atoms with van der Waals surface area (Å²) in [5.74, 6) is 0.0903. The fourth-order valence-corrected chi connectivity index (χ4v) is 5.45. The van der Waals surface area contributed by atoms with Gasteiger partial charge >= 0.3 is 6.03 Å². The Bertz CT molecular complexity index is 1210. The van der Waals surface area contributed by atoms with Crippen LogP contribution in [0.2, 0.25) is 5.02 Å². The van der Waals surface area contributed by atoms with E-state index in [0.29, 0.717) is 23.0 Å². The molecule has 1 saturated carbocycles. The van der Waals surface area contributed by atoms with E-state index in [-0.39, 0.29) is 43.0 Å². The summed E-state index contributed by atoms with van der Waals surface area (Å²) in [7, 11) is 0. The van der Waals surface area contributed by atoms with Crippen molar-refractivity contribution in [1.82, 2.24) is 9.80 Å². The number of urea groups is 1. The van der Waals surface area contributed by atoms with Crippen LogP contribution in [-0.4, -0.2) is 47.5 Å². The smallest absolute Gasteiger partial charge is 0.322 e. The maximum absolute atomic E-state index is 13.5. The SMILES string of the molecule is O=C(Nc1cccc(Cl)c1)N(CC(=O)N1CCc2sccc2C1COc1ccc(F)cc1)C1CC1. The van der Waals surface area contributed by atoms with Gasteiger partial charge in [-0.1, -0.05) is 17.7 Å². The van der Waals surface area contributed by atoms with Gasteiger partial charge in [-0.2, -0.15) is 0 Å². The molecule has 1 aliphatic carbocycles. The number of thiophene rings is 1. The largest absolute Gasteiger partial charge is 0.491 e. The summed E-state index contributed by atoms with van der Waals surface area (Å²) in [6.45, 7) is 0.793. The number of carbonyl (C=O) groups excluding carboxylic acids is 2. The molecule has 0 bridgehead atoms. The molecule has 1 aliphatic heterocycles. The van der Waals surface area contributed by atoms with Crippen LogP contribution in [0, 0.1) is 5.82 Å². The number of hydrogen-bond acceptors (Lipinski definition) is 4. The van der Waals surface area contributed by atoms with Crippen molar-refractivity contribution in [2.24, 2.45) is 0 Å². The Kier molecular flexibility index (Phi) is 6.92. The number of nitrogens with zero attached hydrogens (tertiary/aromatic N) is 2. The van der Waals surface area contributed by atoms with Gasteiger partial charge in [-0.25, -0.2) is 9.18 Å². The Morgan fingerprint density at radius 3 is 2.71 bits per heavy atom. The van der Waals surface area contributed by atoms with Crippen LogP contribution in [0.3, 0.4) is 0 Å². The molecule has 6 nitrogen and oxygen atoms in total. The first-order chi connectivity index (χ1) is 17.0. The highest BCUT2D eigenvalue weighted by Gasteiger charge is 2.38. The molecule has 2 heterocycles. The molecular weight excluding hydrogens is 489 g/mol. The first-order valence-electron chi connectivity index (χ1n) is 11.6. The van der Waals surface area contributed by atoms with Gasteiger partial charge in [0.05, 0.1) is 6.04 Å². The molecule has 0 spiro atoms. The van der Waals surface area contributed by atoms with Gasteiger partial charge in [0.1, 0.15) is 24.7 Å². The number of carbonyl (C=O) groups is 2. The normalized spacial score (nSPS) is 17.0. The zero-order chi connectivity index (χ0) is 24.4. The lowest BCUT2D eigenvalue weighted by Gasteiger charge is -2.37. The van der Waals surface area contributed by atoms with Gasteiger partial charge in [-0.3, -0.25) is 4.79 Å². The van der Waals surface area contributed by atoms with Gasteiger partial charge in [-0.05, 0) is 78.7 Å². The molecule has 1 aromatic heterocycles. The number of nitrogens with one attached hydrogen (secondary N) is 1. The number of anilines is 1. The first kappa shape index (κ1) is 23.6. The summed E-state index contributed by atoms with van der Waals surface area (Å²) in [6, 6.07) is 14.3. The van der Waals surface area contributed by atoms with Crippen molar-refractivity contribution < 1.29 is 18.7 Å². The molecule has 1 unspecified atom stereocenters. The van der Waals surface area contributed by atoms with Gasteiger partial charge in [0.15, 0.2) is 0 Å². The van der Waals surface area contributed by atoms with Crippen molar-refractivity contribution in [2.45, 2.75) is 31.3 Å². The molecule has 2 aromatic carbocycles. The van der Waals surface area contributed by atoms with Crippen molar-refractivity contribution in [3.05, 3.63) is 81.3 Å². The molecule has 2 aliphatic rings. The molecule has 3 aromatic rings. The molecule has 182 valence electrons. The second-order valence-corrected chi connectivity index (χ2v) is 10.2. The molecule has 5 rings (SSSR count). The van der Waals surface area contributed by atoms with Crippen LogP contribution < -0.4 is 10.1 Å². The summed E-state index contributed by atoms with van der Waals surface area (Å²) in [6.07, 6.45) is 2.52.